The van der Waals surface area contributed by atoms with E-state index in [4.69, 9.17) is 0 Å². The first-order valence-electron chi connectivity index (χ1n) is 5.21. The van der Waals surface area contributed by atoms with E-state index >= 15 is 0 Å². The largest absolute Gasteiger partial charge is 0.504 e. The van der Waals surface area contributed by atoms with Crippen LogP contribution in [0.5, 0.6) is 5.75 Å². The first-order valence-corrected chi connectivity index (χ1v) is 7.59. The van der Waals surface area contributed by atoms with Crippen LogP contribution >= 0.6 is 47.8 Å². The molecular weight excluding hydrogens is 428 g/mol. The van der Waals surface area contributed by atoms with Gasteiger partial charge in [-0.25, -0.2) is 0 Å². The third kappa shape index (κ3) is 2.51. The molecule has 0 fully saturated rings. The molecule has 0 radical (unpaired) electrons. The minimum atomic E-state index is -0.540. The summed E-state index contributed by atoms with van der Waals surface area (Å²) in [4.78, 5) is 0. The molecule has 1 aromatic carbocycles. The van der Waals surface area contributed by atoms with Gasteiger partial charge in [0, 0.05) is 12.6 Å². The van der Waals surface area contributed by atoms with Crippen LogP contribution in [0, 0.1) is 6.92 Å². The third-order valence-electron chi connectivity index (χ3n) is 2.79. The molecule has 1 N–H and O–H groups in total. The average Bonchev–Trinajstić information content (AvgIpc) is 2.56. The van der Waals surface area contributed by atoms with Gasteiger partial charge in [0.15, 0.2) is 7.89 Å². The number of benzene rings is 1. The smallest absolute Gasteiger partial charge is 0.164 e. The fraction of sp³-hybridized carbons (Fsp3) is 0.250. The maximum Gasteiger partial charge on any atom is 0.164 e. The Balaban J connectivity index is 2.68. The second-order valence-electron chi connectivity index (χ2n) is 3.95. The lowest BCUT2D eigenvalue weighted by Crippen LogP contribution is -2.01. The number of alkyl halides is 3. The summed E-state index contributed by atoms with van der Waals surface area (Å²) < 4.78 is 1.13. The van der Waals surface area contributed by atoms with Crippen molar-refractivity contribution in [3.8, 4) is 17.0 Å². The van der Waals surface area contributed by atoms with E-state index < -0.39 is 2.14 Å². The number of hydrogen-bond acceptors (Lipinski definition) is 2. The second kappa shape index (κ2) is 4.98. The normalized spacial score (nSPS) is 11.8. The van der Waals surface area contributed by atoms with Crippen LogP contribution in [0.3, 0.4) is 0 Å². The summed E-state index contributed by atoms with van der Waals surface area (Å²) in [5.41, 5.74) is 3.13. The first-order chi connectivity index (χ1) is 8.32. The number of nitrogens with zero attached hydrogens (tertiary/aromatic N) is 2. The molecule has 2 aromatic rings. The summed E-state index contributed by atoms with van der Waals surface area (Å²) >= 11 is 10.5. The average molecular weight is 439 g/mol. The fourth-order valence-electron chi connectivity index (χ4n) is 1.72. The van der Waals surface area contributed by atoms with Gasteiger partial charge in [-0.3, -0.25) is 4.68 Å². The molecule has 0 saturated carbocycles. The summed E-state index contributed by atoms with van der Waals surface area (Å²) in [6, 6.07) is 7.73. The minimum Gasteiger partial charge on any atom is -0.504 e. The highest BCUT2D eigenvalue weighted by atomic mass is 80.0. The Morgan fingerprint density at radius 2 is 1.83 bits per heavy atom. The highest BCUT2D eigenvalue weighted by Gasteiger charge is 2.27. The molecule has 0 atom stereocenters. The summed E-state index contributed by atoms with van der Waals surface area (Å²) in [6.07, 6.45) is 0. The maximum atomic E-state index is 10.1. The molecule has 0 aliphatic carbocycles. The second-order valence-corrected chi connectivity index (χ2v) is 10.7. The molecule has 0 amide bonds. The Morgan fingerprint density at radius 1 is 1.22 bits per heavy atom. The van der Waals surface area contributed by atoms with E-state index in [1.165, 1.54) is 0 Å². The Bertz CT molecular complexity index is 587. The molecule has 0 saturated heterocycles. The van der Waals surface area contributed by atoms with Crippen molar-refractivity contribution in [3.05, 3.63) is 35.5 Å². The topological polar surface area (TPSA) is 38.1 Å². The van der Waals surface area contributed by atoms with Crippen LogP contribution in [-0.4, -0.2) is 14.9 Å². The van der Waals surface area contributed by atoms with E-state index in [1.807, 2.05) is 38.2 Å². The van der Waals surface area contributed by atoms with Crippen molar-refractivity contribution in [3.63, 3.8) is 0 Å². The number of aryl methyl sites for hydroxylation is 1. The van der Waals surface area contributed by atoms with E-state index in [0.29, 0.717) is 5.69 Å². The van der Waals surface area contributed by atoms with Gasteiger partial charge in [-0.2, -0.15) is 5.10 Å². The van der Waals surface area contributed by atoms with Crippen LogP contribution in [0.15, 0.2) is 24.3 Å². The van der Waals surface area contributed by atoms with Gasteiger partial charge in [-0.15, -0.1) is 0 Å². The summed E-state index contributed by atoms with van der Waals surface area (Å²) in [5.74, 6) is 0.210. The van der Waals surface area contributed by atoms with E-state index in [2.05, 4.69) is 52.9 Å². The lowest BCUT2D eigenvalue weighted by Gasteiger charge is -2.16. The quantitative estimate of drug-likeness (QED) is 0.670. The molecule has 0 bridgehead atoms. The molecule has 1 aromatic heterocycles. The zero-order valence-electron chi connectivity index (χ0n) is 9.78. The van der Waals surface area contributed by atoms with Crippen molar-refractivity contribution < 1.29 is 5.11 Å². The molecular formula is C12H11Br3N2O. The fourth-order valence-corrected chi connectivity index (χ4v) is 2.75. The van der Waals surface area contributed by atoms with Crippen LogP contribution in [0.4, 0.5) is 0 Å². The van der Waals surface area contributed by atoms with E-state index in [9.17, 15) is 5.11 Å². The zero-order chi connectivity index (χ0) is 13.5. The highest BCUT2D eigenvalue weighted by molar-refractivity contribution is 9.38. The van der Waals surface area contributed by atoms with Crippen molar-refractivity contribution in [1.82, 2.24) is 9.78 Å². The molecule has 0 spiro atoms. The van der Waals surface area contributed by atoms with E-state index in [0.717, 1.165) is 16.8 Å². The lowest BCUT2D eigenvalue weighted by atomic mass is 10.1. The van der Waals surface area contributed by atoms with Gasteiger partial charge in [-0.1, -0.05) is 72.1 Å². The number of hydrogen-bond donors (Lipinski definition) is 1. The van der Waals surface area contributed by atoms with Crippen LogP contribution in [0.1, 0.15) is 11.3 Å². The Hall–Kier alpha value is -0.330. The Kier molecular flexibility index (Phi) is 3.90. The predicted molar refractivity (Wildman–Crippen MR) is 83.5 cm³/mol. The molecule has 1 heterocycles. The van der Waals surface area contributed by atoms with Gasteiger partial charge < -0.3 is 5.11 Å². The van der Waals surface area contributed by atoms with E-state index in [1.54, 1.807) is 4.68 Å². The zero-order valence-corrected chi connectivity index (χ0v) is 14.5. The minimum absolute atomic E-state index is 0.210. The number of halogens is 3. The van der Waals surface area contributed by atoms with Gasteiger partial charge in [0.1, 0.15) is 5.69 Å². The number of rotatable bonds is 1. The molecule has 96 valence electrons. The van der Waals surface area contributed by atoms with Gasteiger partial charge in [0.2, 0.25) is 0 Å². The molecule has 3 nitrogen and oxygen atoms in total. The molecule has 6 heteroatoms. The summed E-state index contributed by atoms with van der Waals surface area (Å²) in [5, 5.41) is 14.5. The van der Waals surface area contributed by atoms with Crippen molar-refractivity contribution in [2.45, 2.75) is 9.07 Å². The lowest BCUT2D eigenvalue weighted by molar-refractivity contribution is 0.471. The third-order valence-corrected chi connectivity index (χ3v) is 4.07. The van der Waals surface area contributed by atoms with Gasteiger partial charge in [0.05, 0.1) is 5.69 Å². The number of aromatic nitrogens is 2. The molecule has 0 unspecified atom stereocenters. The molecule has 18 heavy (non-hydrogen) atoms. The van der Waals surface area contributed by atoms with Gasteiger partial charge in [0.25, 0.3) is 0 Å². The molecule has 0 aliphatic rings. The standard InChI is InChI=1S/C12H11Br3N2O/c1-7-11(18)10(16-17(7)2)8-5-3-4-6-9(8)12(13,14)15/h3-6,18H,1-2H3. The van der Waals surface area contributed by atoms with Crippen LogP contribution in [0.2, 0.25) is 0 Å². The number of aromatic hydroxyl groups is 1. The van der Waals surface area contributed by atoms with Crippen molar-refractivity contribution in [1.29, 1.82) is 0 Å². The SMILES string of the molecule is Cc1c(O)c(-c2ccccc2C(Br)(Br)Br)nn1C. The summed E-state index contributed by atoms with van der Waals surface area (Å²) in [7, 11) is 1.81. The van der Waals surface area contributed by atoms with Crippen LogP contribution < -0.4 is 0 Å². The van der Waals surface area contributed by atoms with Crippen LogP contribution in [-0.2, 0) is 9.19 Å². The highest BCUT2D eigenvalue weighted by Crippen LogP contribution is 2.48. The predicted octanol–water partition coefficient (Wildman–Crippen LogP) is 4.40. The van der Waals surface area contributed by atoms with Crippen molar-refractivity contribution in [2.24, 2.45) is 7.05 Å². The summed E-state index contributed by atoms with van der Waals surface area (Å²) in [6.45, 7) is 1.83. The molecule has 0 aliphatic heterocycles. The monoisotopic (exact) mass is 436 g/mol. The Morgan fingerprint density at radius 3 is 2.33 bits per heavy atom. The van der Waals surface area contributed by atoms with Gasteiger partial charge >= 0.3 is 0 Å². The molecule has 2 rings (SSSR count). The van der Waals surface area contributed by atoms with Crippen LogP contribution in [0.25, 0.3) is 11.3 Å². The first kappa shape index (κ1) is 14.1. The van der Waals surface area contributed by atoms with Crippen molar-refractivity contribution in [2.75, 3.05) is 0 Å². The van der Waals surface area contributed by atoms with Gasteiger partial charge in [-0.05, 0) is 12.5 Å². The maximum absolute atomic E-state index is 10.1. The Labute approximate surface area is 131 Å². The van der Waals surface area contributed by atoms with Crippen molar-refractivity contribution >= 4 is 47.8 Å². The van der Waals surface area contributed by atoms with E-state index in [-0.39, 0.29) is 5.75 Å².